The Hall–Kier alpha value is -2.86. The first-order valence-electron chi connectivity index (χ1n) is 12.1. The van der Waals surface area contributed by atoms with Crippen molar-refractivity contribution in [2.75, 3.05) is 7.11 Å². The third-order valence-electron chi connectivity index (χ3n) is 7.95. The first-order valence-corrected chi connectivity index (χ1v) is 12.1. The largest absolute Gasteiger partial charge is 0.531 e. The molecular formula is C28H29F2N2O2+. The number of nitrogens with zero attached hydrogens (tertiary/aromatic N) is 2. The van der Waals surface area contributed by atoms with Crippen molar-refractivity contribution in [2.24, 2.45) is 27.7 Å². The fourth-order valence-corrected chi connectivity index (χ4v) is 6.47. The number of aliphatic hydroxyl groups is 1. The van der Waals surface area contributed by atoms with Crippen LogP contribution in [0.2, 0.25) is 0 Å². The molecule has 1 aromatic carbocycles. The van der Waals surface area contributed by atoms with Crippen LogP contribution in [0.5, 0.6) is 5.75 Å². The summed E-state index contributed by atoms with van der Waals surface area (Å²) >= 11 is 0. The SMILES string of the molecule is COC1CC=C(C[C@H]2c3cccc([OH+]C(F)F)c3C3CC2C2=NC4=C(C=CC(C)C=C4)C23)C=N1. The summed E-state index contributed by atoms with van der Waals surface area (Å²) in [6, 6.07) is 5.74. The first-order chi connectivity index (χ1) is 16.5. The van der Waals surface area contributed by atoms with E-state index in [2.05, 4.69) is 53.1 Å². The van der Waals surface area contributed by atoms with Crippen LogP contribution in [0.4, 0.5) is 8.78 Å². The Kier molecular flexibility index (Phi) is 5.36. The Labute approximate surface area is 198 Å². The number of hydrogen-bond donors (Lipinski definition) is 0. The van der Waals surface area contributed by atoms with E-state index in [0.717, 1.165) is 36.1 Å². The van der Waals surface area contributed by atoms with Crippen molar-refractivity contribution in [3.63, 3.8) is 0 Å². The fourth-order valence-electron chi connectivity index (χ4n) is 6.47. The number of fused-ring (bicyclic) bond motifs is 2. The zero-order valence-electron chi connectivity index (χ0n) is 19.4. The third-order valence-corrected chi connectivity index (χ3v) is 7.95. The van der Waals surface area contributed by atoms with Gasteiger partial charge in [-0.15, -0.1) is 8.78 Å². The number of alkyl halides is 2. The van der Waals surface area contributed by atoms with Crippen LogP contribution in [0.15, 0.2) is 75.4 Å². The Morgan fingerprint density at radius 2 is 2.03 bits per heavy atom. The Morgan fingerprint density at radius 3 is 2.79 bits per heavy atom. The van der Waals surface area contributed by atoms with Crippen LogP contribution in [0.3, 0.4) is 0 Å². The molecule has 34 heavy (non-hydrogen) atoms. The highest BCUT2D eigenvalue weighted by atomic mass is 19.3. The van der Waals surface area contributed by atoms with E-state index in [4.69, 9.17) is 9.73 Å². The van der Waals surface area contributed by atoms with E-state index in [1.807, 2.05) is 12.3 Å². The van der Waals surface area contributed by atoms with Crippen LogP contribution in [0.1, 0.15) is 49.1 Å². The summed E-state index contributed by atoms with van der Waals surface area (Å²) in [5.74, 6) is 1.49. The second kappa shape index (κ2) is 8.42. The molecular weight excluding hydrogens is 434 g/mol. The predicted molar refractivity (Wildman–Crippen MR) is 130 cm³/mol. The van der Waals surface area contributed by atoms with Crippen molar-refractivity contribution in [3.8, 4) is 5.75 Å². The maximum absolute atomic E-state index is 13.4. The minimum Gasteiger partial charge on any atom is -0.531 e. The van der Waals surface area contributed by atoms with E-state index in [1.165, 1.54) is 16.9 Å². The van der Waals surface area contributed by atoms with E-state index in [0.29, 0.717) is 11.7 Å². The van der Waals surface area contributed by atoms with Gasteiger partial charge in [0.25, 0.3) is 5.75 Å². The van der Waals surface area contributed by atoms with Crippen LogP contribution >= 0.6 is 0 Å². The molecule has 6 rings (SSSR count). The first kappa shape index (κ1) is 21.7. The molecule has 1 fully saturated rings. The lowest BCUT2D eigenvalue weighted by Crippen LogP contribution is -2.23. The molecule has 176 valence electrons. The van der Waals surface area contributed by atoms with Gasteiger partial charge in [-0.1, -0.05) is 43.4 Å². The predicted octanol–water partition coefficient (Wildman–Crippen LogP) is 6.20. The highest BCUT2D eigenvalue weighted by Crippen LogP contribution is 2.61. The van der Waals surface area contributed by atoms with Gasteiger partial charge in [0.1, 0.15) is 0 Å². The zero-order valence-corrected chi connectivity index (χ0v) is 19.4. The molecule has 5 aliphatic rings. The van der Waals surface area contributed by atoms with Crippen LogP contribution in [-0.4, -0.2) is 36.6 Å². The molecule has 0 radical (unpaired) electrons. The van der Waals surface area contributed by atoms with Crippen LogP contribution in [0.25, 0.3) is 0 Å². The average molecular weight is 464 g/mol. The number of methoxy groups -OCH3 is 1. The molecule has 0 spiro atoms. The molecule has 3 aliphatic carbocycles. The van der Waals surface area contributed by atoms with Gasteiger partial charge in [0.05, 0.1) is 11.3 Å². The van der Waals surface area contributed by atoms with Crippen LogP contribution < -0.4 is 0 Å². The van der Waals surface area contributed by atoms with E-state index in [-0.39, 0.29) is 29.9 Å². The summed E-state index contributed by atoms with van der Waals surface area (Å²) in [5.41, 5.74) is 6.78. The van der Waals surface area contributed by atoms with Gasteiger partial charge in [-0.2, -0.15) is 0 Å². The van der Waals surface area contributed by atoms with Gasteiger partial charge >= 0.3 is 6.61 Å². The zero-order chi connectivity index (χ0) is 23.4. The molecule has 1 aromatic rings. The molecule has 2 bridgehead atoms. The average Bonchev–Trinajstić information content (AvgIpc) is 3.28. The lowest BCUT2D eigenvalue weighted by atomic mass is 9.71. The molecule has 6 atom stereocenters. The van der Waals surface area contributed by atoms with Crippen LogP contribution in [-0.2, 0) is 4.74 Å². The van der Waals surface area contributed by atoms with Gasteiger partial charge in [-0.05, 0) is 47.5 Å². The molecule has 0 aromatic heterocycles. The number of allylic oxidation sites excluding steroid dienone is 6. The number of dihydropyridines is 1. The minimum atomic E-state index is -2.73. The highest BCUT2D eigenvalue weighted by molar-refractivity contribution is 6.00. The third kappa shape index (κ3) is 3.50. The molecule has 6 heteroatoms. The van der Waals surface area contributed by atoms with Crippen molar-refractivity contribution in [1.29, 1.82) is 0 Å². The number of aliphatic imine (C=N–C) groups is 2. The molecule has 0 amide bonds. The summed E-state index contributed by atoms with van der Waals surface area (Å²) < 4.78 is 36.0. The highest BCUT2D eigenvalue weighted by Gasteiger charge is 2.54. The summed E-state index contributed by atoms with van der Waals surface area (Å²) in [6.45, 7) is -0.568. The van der Waals surface area contributed by atoms with E-state index < -0.39 is 6.61 Å². The van der Waals surface area contributed by atoms with E-state index in [9.17, 15) is 8.78 Å². The molecule has 5 unspecified atom stereocenters. The monoisotopic (exact) mass is 463 g/mol. The van der Waals surface area contributed by atoms with Crippen molar-refractivity contribution in [2.45, 2.75) is 50.9 Å². The van der Waals surface area contributed by atoms with Gasteiger partial charge in [0.2, 0.25) is 0 Å². The number of halogens is 2. The quantitative estimate of drug-likeness (QED) is 0.480. The number of rotatable bonds is 5. The molecule has 2 aliphatic heterocycles. The van der Waals surface area contributed by atoms with Gasteiger partial charge in [-0.3, -0.25) is 9.98 Å². The minimum absolute atomic E-state index is 0.125. The van der Waals surface area contributed by atoms with Crippen molar-refractivity contribution in [1.82, 2.24) is 0 Å². The van der Waals surface area contributed by atoms with Crippen LogP contribution in [0, 0.1) is 17.8 Å². The fraction of sp³-hybridized carbons (Fsp3) is 0.429. The maximum atomic E-state index is 13.4. The van der Waals surface area contributed by atoms with E-state index in [1.54, 1.807) is 13.2 Å². The lowest BCUT2D eigenvalue weighted by Gasteiger charge is -2.33. The molecule has 1 saturated carbocycles. The second-order valence-corrected chi connectivity index (χ2v) is 9.86. The van der Waals surface area contributed by atoms with Gasteiger partial charge in [-0.25, -0.2) is 0 Å². The maximum Gasteiger partial charge on any atom is 0.495 e. The lowest BCUT2D eigenvalue weighted by molar-refractivity contribution is -0.183. The smallest absolute Gasteiger partial charge is 0.495 e. The summed E-state index contributed by atoms with van der Waals surface area (Å²) in [6.07, 6.45) is 15.2. The van der Waals surface area contributed by atoms with Gasteiger partial charge in [0.15, 0.2) is 6.23 Å². The Balaban J connectivity index is 1.44. The number of hydrogen-bond acceptors (Lipinski definition) is 3. The molecule has 0 saturated heterocycles. The Morgan fingerprint density at radius 1 is 1.18 bits per heavy atom. The number of ether oxygens (including phenoxy) is 2. The summed E-state index contributed by atoms with van der Waals surface area (Å²) in [4.78, 5) is 9.68. The van der Waals surface area contributed by atoms with Gasteiger partial charge in [0, 0.05) is 49.3 Å². The van der Waals surface area contributed by atoms with E-state index >= 15 is 0 Å². The summed E-state index contributed by atoms with van der Waals surface area (Å²) in [7, 11) is 1.67. The molecule has 2 heterocycles. The normalized spacial score (nSPS) is 32.9. The van der Waals surface area contributed by atoms with Crippen molar-refractivity contribution in [3.05, 3.63) is 76.5 Å². The standard InChI is InChI=1S/C28H28F2N2O2/c1-15-6-9-18-22(10-7-15)32-27-20-13-21(26(18)27)25-17(4-3-5-23(25)34-28(29)30)19(20)12-16-8-11-24(33-2)31-14-16/h3-10,14-15,19-21,24,26,28H,11-13H2,1-2H3/p+1/t15?,19-,20?,21?,24?,26?/m0/s1. The van der Waals surface area contributed by atoms with Gasteiger partial charge < -0.3 is 9.47 Å². The molecule has 4 nitrogen and oxygen atoms in total. The summed E-state index contributed by atoms with van der Waals surface area (Å²) in [5, 5.41) is 0. The van der Waals surface area contributed by atoms with Crippen molar-refractivity contribution >= 4 is 11.9 Å². The Bertz CT molecular complexity index is 1190. The van der Waals surface area contributed by atoms with Crippen molar-refractivity contribution < 1.29 is 18.3 Å². The number of benzene rings is 1. The number of aromatic hydroxyl groups is 1. The second-order valence-electron chi connectivity index (χ2n) is 9.86. The topological polar surface area (TPSA) is 46.8 Å². The molecule has 1 N–H and O–H groups in total.